The molecule has 0 atom stereocenters. The first-order chi connectivity index (χ1) is 10.8. The first-order valence-corrected chi connectivity index (χ1v) is 7.99. The monoisotopic (exact) mass is 360 g/mol. The van der Waals surface area contributed by atoms with E-state index in [1.54, 1.807) is 18.2 Å². The second kappa shape index (κ2) is 7.14. The Morgan fingerprint density at radius 1 is 1.17 bits per heavy atom. The van der Waals surface area contributed by atoms with Crippen LogP contribution in [0, 0.1) is 0 Å². The van der Waals surface area contributed by atoms with E-state index in [9.17, 15) is 18.0 Å². The van der Waals surface area contributed by atoms with Crippen LogP contribution in [-0.2, 0) is 6.18 Å². The fraction of sp³-hybridized carbons (Fsp3) is 0.133. The van der Waals surface area contributed by atoms with Gasteiger partial charge in [-0.2, -0.15) is 13.2 Å². The van der Waals surface area contributed by atoms with Crippen LogP contribution in [0.2, 0.25) is 5.02 Å². The maximum Gasteiger partial charge on any atom is 0.418 e. The second-order valence-corrected chi connectivity index (χ2v) is 5.76. The van der Waals surface area contributed by atoms with Gasteiger partial charge in [-0.1, -0.05) is 23.7 Å². The molecule has 2 rings (SSSR count). The van der Waals surface area contributed by atoms with Gasteiger partial charge in [0.1, 0.15) is 0 Å². The van der Waals surface area contributed by atoms with E-state index < -0.39 is 17.6 Å². The number of carbonyl (C=O) groups excluding carboxylic acids is 1. The molecule has 0 fully saturated rings. The average Bonchev–Trinajstić information content (AvgIpc) is 2.52. The largest absolute Gasteiger partial charge is 0.418 e. The SMILES string of the molecule is CSc1ccc(Cl)c(C(=O)NNc2ccccc2C(F)(F)F)c1. The fourth-order valence-corrected chi connectivity index (χ4v) is 2.48. The van der Waals surface area contributed by atoms with Gasteiger partial charge in [-0.3, -0.25) is 15.6 Å². The lowest BCUT2D eigenvalue weighted by Crippen LogP contribution is -2.30. The van der Waals surface area contributed by atoms with Gasteiger partial charge in [-0.05, 0) is 36.6 Å². The number of rotatable bonds is 4. The molecule has 1 amide bonds. The van der Waals surface area contributed by atoms with Gasteiger partial charge in [0, 0.05) is 4.90 Å². The molecule has 23 heavy (non-hydrogen) atoms. The van der Waals surface area contributed by atoms with Crippen LogP contribution in [0.15, 0.2) is 47.4 Å². The van der Waals surface area contributed by atoms with E-state index in [0.29, 0.717) is 0 Å². The smallest absolute Gasteiger partial charge is 0.298 e. The summed E-state index contributed by atoms with van der Waals surface area (Å²) >= 11 is 7.38. The topological polar surface area (TPSA) is 41.1 Å². The molecule has 3 nitrogen and oxygen atoms in total. The summed E-state index contributed by atoms with van der Waals surface area (Å²) in [5.74, 6) is -0.622. The summed E-state index contributed by atoms with van der Waals surface area (Å²) in [6, 6.07) is 9.74. The van der Waals surface area contributed by atoms with Crippen LogP contribution in [0.5, 0.6) is 0 Å². The van der Waals surface area contributed by atoms with Crippen molar-refractivity contribution in [3.8, 4) is 0 Å². The molecule has 0 radical (unpaired) electrons. The summed E-state index contributed by atoms with van der Waals surface area (Å²) in [5.41, 5.74) is 3.60. The lowest BCUT2D eigenvalue weighted by Gasteiger charge is -2.15. The number of anilines is 1. The highest BCUT2D eigenvalue weighted by molar-refractivity contribution is 7.98. The Morgan fingerprint density at radius 3 is 2.52 bits per heavy atom. The summed E-state index contributed by atoms with van der Waals surface area (Å²) in [4.78, 5) is 12.9. The van der Waals surface area contributed by atoms with Crippen molar-refractivity contribution in [3.63, 3.8) is 0 Å². The molecular formula is C15H12ClF3N2OS. The standard InChI is InChI=1S/C15H12ClF3N2OS/c1-23-9-6-7-12(16)10(8-9)14(22)21-20-13-5-3-2-4-11(13)15(17,18)19/h2-8,20H,1H3,(H,21,22). The van der Waals surface area contributed by atoms with E-state index in [0.717, 1.165) is 11.0 Å². The number of hydrazine groups is 1. The molecule has 122 valence electrons. The van der Waals surface area contributed by atoms with E-state index in [1.165, 1.54) is 30.0 Å². The van der Waals surface area contributed by atoms with Crippen molar-refractivity contribution in [2.75, 3.05) is 11.7 Å². The number of halogens is 4. The van der Waals surface area contributed by atoms with Gasteiger partial charge in [0.2, 0.25) is 0 Å². The summed E-state index contributed by atoms with van der Waals surface area (Å²) in [6.07, 6.45) is -2.69. The average molecular weight is 361 g/mol. The third kappa shape index (κ3) is 4.33. The van der Waals surface area contributed by atoms with E-state index in [-0.39, 0.29) is 16.3 Å². The zero-order valence-corrected chi connectivity index (χ0v) is 13.4. The van der Waals surface area contributed by atoms with Crippen molar-refractivity contribution in [1.82, 2.24) is 5.43 Å². The summed E-state index contributed by atoms with van der Waals surface area (Å²) in [6.45, 7) is 0. The Balaban J connectivity index is 2.17. The highest BCUT2D eigenvalue weighted by Crippen LogP contribution is 2.34. The van der Waals surface area contributed by atoms with Crippen LogP contribution in [-0.4, -0.2) is 12.2 Å². The molecule has 0 aliphatic carbocycles. The molecule has 0 aliphatic rings. The number of para-hydroxylation sites is 1. The van der Waals surface area contributed by atoms with Crippen molar-refractivity contribution in [3.05, 3.63) is 58.6 Å². The molecule has 0 saturated heterocycles. The van der Waals surface area contributed by atoms with Crippen LogP contribution < -0.4 is 10.9 Å². The number of thioether (sulfide) groups is 1. The van der Waals surface area contributed by atoms with Crippen molar-refractivity contribution < 1.29 is 18.0 Å². The molecule has 0 unspecified atom stereocenters. The molecule has 2 N–H and O–H groups in total. The first-order valence-electron chi connectivity index (χ1n) is 6.39. The normalized spacial score (nSPS) is 11.2. The molecule has 8 heteroatoms. The minimum absolute atomic E-state index is 0.176. The van der Waals surface area contributed by atoms with Gasteiger partial charge < -0.3 is 0 Å². The van der Waals surface area contributed by atoms with Crippen LogP contribution in [0.4, 0.5) is 18.9 Å². The Bertz CT molecular complexity index is 722. The minimum atomic E-state index is -4.52. The van der Waals surface area contributed by atoms with Crippen LogP contribution in [0.25, 0.3) is 0 Å². The third-order valence-electron chi connectivity index (χ3n) is 2.96. The zero-order chi connectivity index (χ0) is 17.0. The Hall–Kier alpha value is -1.86. The van der Waals surface area contributed by atoms with Gasteiger partial charge in [-0.25, -0.2) is 0 Å². The van der Waals surface area contributed by atoms with Crippen LogP contribution in [0.3, 0.4) is 0 Å². The summed E-state index contributed by atoms with van der Waals surface area (Å²) in [7, 11) is 0. The highest BCUT2D eigenvalue weighted by Gasteiger charge is 2.33. The quantitative estimate of drug-likeness (QED) is 0.605. The molecule has 0 saturated carbocycles. The predicted octanol–water partition coefficient (Wildman–Crippen LogP) is 4.84. The van der Waals surface area contributed by atoms with E-state index in [4.69, 9.17) is 11.6 Å². The molecule has 0 bridgehead atoms. The predicted molar refractivity (Wildman–Crippen MR) is 85.8 cm³/mol. The number of hydrogen-bond donors (Lipinski definition) is 2. The maximum atomic E-state index is 12.9. The maximum absolute atomic E-state index is 12.9. The van der Waals surface area contributed by atoms with Gasteiger partial charge >= 0.3 is 6.18 Å². The van der Waals surface area contributed by atoms with Crippen molar-refractivity contribution in [2.45, 2.75) is 11.1 Å². The van der Waals surface area contributed by atoms with Gasteiger partial charge in [0.05, 0.1) is 21.8 Å². The molecule has 0 aliphatic heterocycles. The molecule has 0 spiro atoms. The highest BCUT2D eigenvalue weighted by atomic mass is 35.5. The van der Waals surface area contributed by atoms with E-state index >= 15 is 0 Å². The van der Waals surface area contributed by atoms with Gasteiger partial charge in [0.25, 0.3) is 5.91 Å². The molecular weight excluding hydrogens is 349 g/mol. The number of amides is 1. The molecule has 0 aromatic heterocycles. The lowest BCUT2D eigenvalue weighted by atomic mass is 10.2. The van der Waals surface area contributed by atoms with Crippen LogP contribution in [0.1, 0.15) is 15.9 Å². The third-order valence-corrected chi connectivity index (χ3v) is 4.02. The number of nitrogens with one attached hydrogen (secondary N) is 2. The zero-order valence-electron chi connectivity index (χ0n) is 11.9. The number of benzene rings is 2. The summed E-state index contributed by atoms with van der Waals surface area (Å²) in [5, 5.41) is 0.214. The number of hydrogen-bond acceptors (Lipinski definition) is 3. The Kier molecular flexibility index (Phi) is 5.43. The lowest BCUT2D eigenvalue weighted by molar-refractivity contribution is -0.137. The van der Waals surface area contributed by atoms with Crippen LogP contribution >= 0.6 is 23.4 Å². The Labute approximate surface area is 140 Å². The fourth-order valence-electron chi connectivity index (χ4n) is 1.84. The molecule has 2 aromatic rings. The number of alkyl halides is 3. The minimum Gasteiger partial charge on any atom is -0.298 e. The van der Waals surface area contributed by atoms with Crippen molar-refractivity contribution >= 4 is 35.0 Å². The first kappa shape index (κ1) is 17.5. The second-order valence-electron chi connectivity index (χ2n) is 4.47. The summed E-state index contributed by atoms with van der Waals surface area (Å²) < 4.78 is 38.6. The Morgan fingerprint density at radius 2 is 1.87 bits per heavy atom. The molecule has 0 heterocycles. The molecule has 2 aromatic carbocycles. The van der Waals surface area contributed by atoms with Gasteiger partial charge in [-0.15, -0.1) is 11.8 Å². The number of carbonyl (C=O) groups is 1. The van der Waals surface area contributed by atoms with Crippen molar-refractivity contribution in [2.24, 2.45) is 0 Å². The van der Waals surface area contributed by atoms with E-state index in [1.807, 2.05) is 6.26 Å². The van der Waals surface area contributed by atoms with Gasteiger partial charge in [0.15, 0.2) is 0 Å². The van der Waals surface area contributed by atoms with Crippen molar-refractivity contribution in [1.29, 1.82) is 0 Å². The van der Waals surface area contributed by atoms with E-state index in [2.05, 4.69) is 10.9 Å².